The Morgan fingerprint density at radius 2 is 1.97 bits per heavy atom. The zero-order chi connectivity index (χ0) is 23.6. The highest BCUT2D eigenvalue weighted by Crippen LogP contribution is 2.33. The van der Waals surface area contributed by atoms with Crippen molar-refractivity contribution >= 4 is 19.7 Å². The molecular formula is C22H30N2O7S2. The first-order valence-electron chi connectivity index (χ1n) is 10.9. The fraction of sp³-hybridized carbons (Fsp3) is 0.545. The van der Waals surface area contributed by atoms with Gasteiger partial charge < -0.3 is 19.2 Å². The lowest BCUT2D eigenvalue weighted by Gasteiger charge is -2.34. The molecule has 0 bridgehead atoms. The summed E-state index contributed by atoms with van der Waals surface area (Å²) in [5, 5.41) is 2.15. The van der Waals surface area contributed by atoms with E-state index >= 15 is 0 Å². The Morgan fingerprint density at radius 3 is 2.64 bits per heavy atom. The molecule has 0 radical (unpaired) electrons. The summed E-state index contributed by atoms with van der Waals surface area (Å²) < 4.78 is 68.7. The van der Waals surface area contributed by atoms with E-state index in [9.17, 15) is 16.8 Å². The number of rotatable bonds is 8. The van der Waals surface area contributed by atoms with Crippen molar-refractivity contribution in [2.75, 3.05) is 51.5 Å². The minimum atomic E-state index is -3.97. The highest BCUT2D eigenvalue weighted by molar-refractivity contribution is 7.96. The van der Waals surface area contributed by atoms with Gasteiger partial charge >= 0.3 is 0 Å². The van der Waals surface area contributed by atoms with Crippen LogP contribution in [0.1, 0.15) is 17.4 Å². The van der Waals surface area contributed by atoms with Crippen LogP contribution in [0.3, 0.4) is 0 Å². The first kappa shape index (κ1) is 24.2. The Balaban J connectivity index is 1.60. The molecule has 182 valence electrons. The van der Waals surface area contributed by atoms with Crippen LogP contribution in [0.5, 0.6) is 5.75 Å². The second-order valence-electron chi connectivity index (χ2n) is 8.51. The van der Waals surface area contributed by atoms with Gasteiger partial charge in [-0.2, -0.15) is 0 Å². The molecule has 1 aromatic carbocycles. The van der Waals surface area contributed by atoms with E-state index in [1.165, 1.54) is 13.2 Å². The highest BCUT2D eigenvalue weighted by atomic mass is 32.2. The molecule has 0 amide bonds. The fourth-order valence-corrected chi connectivity index (χ4v) is 9.48. The minimum absolute atomic E-state index is 0.0228. The summed E-state index contributed by atoms with van der Waals surface area (Å²) in [4.78, 5) is 2.22. The molecule has 9 nitrogen and oxygen atoms in total. The van der Waals surface area contributed by atoms with Crippen LogP contribution in [0.2, 0.25) is 0 Å². The van der Waals surface area contributed by atoms with Gasteiger partial charge in [-0.1, -0.05) is 6.07 Å². The number of furan rings is 1. The van der Waals surface area contributed by atoms with Gasteiger partial charge in [-0.3, -0.25) is 4.90 Å². The van der Waals surface area contributed by atoms with Gasteiger partial charge in [0.25, 0.3) is 0 Å². The van der Waals surface area contributed by atoms with Crippen molar-refractivity contribution in [1.82, 2.24) is 10.2 Å². The molecule has 1 N–H and O–H groups in total. The number of aryl methyl sites for hydroxylation is 1. The summed E-state index contributed by atoms with van der Waals surface area (Å²) in [5.74, 6) is 0.293. The largest absolute Gasteiger partial charge is 0.495 e. The van der Waals surface area contributed by atoms with Gasteiger partial charge in [0, 0.05) is 25.7 Å². The lowest BCUT2D eigenvalue weighted by atomic mass is 10.1. The molecule has 3 atom stereocenters. The summed E-state index contributed by atoms with van der Waals surface area (Å²) in [6, 6.07) is 7.66. The van der Waals surface area contributed by atoms with Crippen LogP contribution in [0.15, 0.2) is 45.9 Å². The van der Waals surface area contributed by atoms with Crippen LogP contribution >= 0.6 is 0 Å². The summed E-state index contributed by atoms with van der Waals surface area (Å²) >= 11 is 0. The predicted octanol–water partition coefficient (Wildman–Crippen LogP) is 1.20. The predicted molar refractivity (Wildman–Crippen MR) is 123 cm³/mol. The normalized spacial score (nSPS) is 24.5. The fourth-order valence-electron chi connectivity index (χ4n) is 4.52. The van der Waals surface area contributed by atoms with Gasteiger partial charge in [-0.25, -0.2) is 16.8 Å². The molecule has 2 aliphatic heterocycles. The molecule has 11 heteroatoms. The maximum absolute atomic E-state index is 13.6. The molecule has 0 saturated carbocycles. The third-order valence-corrected chi connectivity index (χ3v) is 10.4. The van der Waals surface area contributed by atoms with E-state index in [4.69, 9.17) is 13.9 Å². The third-order valence-electron chi connectivity index (χ3n) is 6.26. The zero-order valence-electron chi connectivity index (χ0n) is 18.8. The smallest absolute Gasteiger partial charge is 0.187 e. The van der Waals surface area contributed by atoms with Gasteiger partial charge in [0.2, 0.25) is 0 Å². The Morgan fingerprint density at radius 1 is 1.21 bits per heavy atom. The number of nitrogens with one attached hydrogen (secondary N) is 1. The number of morpholine rings is 1. The molecular weight excluding hydrogens is 468 g/mol. The standard InChI is InChI=1S/C22H30N2O7S2/c1-16-5-6-20(29-2)21(12-16)33(27,28)22-15-32(25,26)14-17(22)23-13-18(19-4-3-9-31-19)24-7-10-30-11-8-24/h3-6,9,12,17-18,22-23H,7-8,10-11,13-15H2,1-2H3/t17-,18?,22-/m0/s1. The first-order valence-corrected chi connectivity index (χ1v) is 14.3. The average Bonchev–Trinajstić information content (AvgIpc) is 3.42. The Labute approximate surface area is 194 Å². The van der Waals surface area contributed by atoms with Crippen LogP contribution in [-0.2, 0) is 24.4 Å². The second-order valence-corrected chi connectivity index (χ2v) is 12.8. The molecule has 2 saturated heterocycles. The molecule has 3 heterocycles. The molecule has 2 aromatic rings. The second kappa shape index (κ2) is 9.75. The van der Waals surface area contributed by atoms with E-state index < -0.39 is 36.7 Å². The first-order chi connectivity index (χ1) is 15.7. The topological polar surface area (TPSA) is 115 Å². The lowest BCUT2D eigenvalue weighted by Crippen LogP contribution is -2.48. The molecule has 2 aliphatic rings. The van der Waals surface area contributed by atoms with Crippen molar-refractivity contribution in [2.24, 2.45) is 0 Å². The number of methoxy groups -OCH3 is 1. The van der Waals surface area contributed by atoms with Crippen molar-refractivity contribution in [3.05, 3.63) is 47.9 Å². The van der Waals surface area contributed by atoms with E-state index in [1.807, 2.05) is 6.07 Å². The van der Waals surface area contributed by atoms with Crippen molar-refractivity contribution in [1.29, 1.82) is 0 Å². The van der Waals surface area contributed by atoms with E-state index in [-0.39, 0.29) is 22.4 Å². The molecule has 1 unspecified atom stereocenters. The van der Waals surface area contributed by atoms with E-state index in [1.54, 1.807) is 31.4 Å². The molecule has 0 spiro atoms. The SMILES string of the molecule is COc1ccc(C)cc1S(=O)(=O)[C@H]1CS(=O)(=O)C[C@@H]1NCC(c1ccco1)N1CCOCC1. The molecule has 33 heavy (non-hydrogen) atoms. The van der Waals surface area contributed by atoms with Gasteiger partial charge in [0.05, 0.1) is 49.4 Å². The van der Waals surface area contributed by atoms with Gasteiger partial charge in [-0.15, -0.1) is 0 Å². The lowest BCUT2D eigenvalue weighted by molar-refractivity contribution is 0.0113. The summed E-state index contributed by atoms with van der Waals surface area (Å²) in [7, 11) is -6.10. The third kappa shape index (κ3) is 5.27. The highest BCUT2D eigenvalue weighted by Gasteiger charge is 2.47. The van der Waals surface area contributed by atoms with Crippen molar-refractivity contribution in [2.45, 2.75) is 29.2 Å². The molecule has 1 aromatic heterocycles. The van der Waals surface area contributed by atoms with Crippen LogP contribution in [-0.4, -0.2) is 84.5 Å². The monoisotopic (exact) mass is 498 g/mol. The van der Waals surface area contributed by atoms with Crippen LogP contribution in [0.4, 0.5) is 0 Å². The Kier molecular flexibility index (Phi) is 7.15. The Bertz CT molecular complexity index is 1160. The van der Waals surface area contributed by atoms with Gasteiger partial charge in [-0.05, 0) is 36.8 Å². The number of nitrogens with zero attached hydrogens (tertiary/aromatic N) is 1. The molecule has 0 aliphatic carbocycles. The van der Waals surface area contributed by atoms with Gasteiger partial charge in [0.1, 0.15) is 16.4 Å². The molecule has 2 fully saturated rings. The number of hydrogen-bond acceptors (Lipinski definition) is 9. The van der Waals surface area contributed by atoms with Crippen molar-refractivity contribution < 1.29 is 30.7 Å². The average molecular weight is 499 g/mol. The summed E-state index contributed by atoms with van der Waals surface area (Å²) in [6.45, 7) is 4.75. The summed E-state index contributed by atoms with van der Waals surface area (Å²) in [5.41, 5.74) is 0.755. The maximum atomic E-state index is 13.6. The number of hydrogen-bond donors (Lipinski definition) is 1. The van der Waals surface area contributed by atoms with E-state index in [0.29, 0.717) is 32.8 Å². The van der Waals surface area contributed by atoms with Crippen molar-refractivity contribution in [3.8, 4) is 5.75 Å². The number of ether oxygens (including phenoxy) is 2. The quantitative estimate of drug-likeness (QED) is 0.573. The molecule has 4 rings (SSSR count). The Hall–Kier alpha value is -1.92. The minimum Gasteiger partial charge on any atom is -0.495 e. The van der Waals surface area contributed by atoms with Crippen LogP contribution in [0.25, 0.3) is 0 Å². The maximum Gasteiger partial charge on any atom is 0.187 e. The van der Waals surface area contributed by atoms with Crippen molar-refractivity contribution in [3.63, 3.8) is 0 Å². The zero-order valence-corrected chi connectivity index (χ0v) is 20.4. The van der Waals surface area contributed by atoms with E-state index in [2.05, 4.69) is 10.2 Å². The number of sulfone groups is 2. The number of benzene rings is 1. The summed E-state index contributed by atoms with van der Waals surface area (Å²) in [6.07, 6.45) is 1.60. The van der Waals surface area contributed by atoms with Gasteiger partial charge in [0.15, 0.2) is 19.7 Å². The van der Waals surface area contributed by atoms with Crippen LogP contribution < -0.4 is 10.1 Å². The van der Waals surface area contributed by atoms with Crippen LogP contribution in [0, 0.1) is 6.92 Å². The van der Waals surface area contributed by atoms with E-state index in [0.717, 1.165) is 11.3 Å².